The minimum atomic E-state index is -0.291. The largest absolute Gasteiger partial charge is 0.390 e. The predicted octanol–water partition coefficient (Wildman–Crippen LogP) is 4.66. The molecular weight excluding hydrogens is 367 g/mol. The molecule has 0 spiro atoms. The molecule has 0 saturated heterocycles. The second kappa shape index (κ2) is 8.53. The summed E-state index contributed by atoms with van der Waals surface area (Å²) in [5, 5.41) is 4.85. The molecule has 1 aliphatic rings. The van der Waals surface area contributed by atoms with E-state index in [0.717, 1.165) is 16.8 Å². The molecule has 2 aromatic rings. The molecule has 1 aliphatic heterocycles. The number of carbonyl (C=O) groups is 1. The fourth-order valence-electron chi connectivity index (χ4n) is 2.99. The number of rotatable bonds is 6. The Kier molecular flexibility index (Phi) is 6.11. The van der Waals surface area contributed by atoms with Gasteiger partial charge in [-0.2, -0.15) is 0 Å². The molecule has 27 heavy (non-hydrogen) atoms. The first-order valence-corrected chi connectivity index (χ1v) is 9.32. The summed E-state index contributed by atoms with van der Waals surface area (Å²) in [6, 6.07) is 13.6. The molecule has 2 aromatic carbocycles. The van der Waals surface area contributed by atoms with Crippen LogP contribution in [-0.4, -0.2) is 29.2 Å². The zero-order chi connectivity index (χ0) is 19.4. The molecule has 6 heteroatoms. The van der Waals surface area contributed by atoms with Crippen molar-refractivity contribution in [3.05, 3.63) is 70.5 Å². The average molecular weight is 389 g/mol. The van der Waals surface area contributed by atoms with Crippen LogP contribution in [0.15, 0.2) is 53.7 Å². The average Bonchev–Trinajstić information content (AvgIpc) is 3.11. The third-order valence-electron chi connectivity index (χ3n) is 4.43. The lowest BCUT2D eigenvalue weighted by Gasteiger charge is -2.26. The van der Waals surface area contributed by atoms with Gasteiger partial charge in [0.2, 0.25) is 5.91 Å². The number of hydrogen-bond donors (Lipinski definition) is 0. The molecule has 0 bridgehead atoms. The lowest BCUT2D eigenvalue weighted by Crippen LogP contribution is -2.39. The minimum Gasteiger partial charge on any atom is -0.390 e. The summed E-state index contributed by atoms with van der Waals surface area (Å²) < 4.78 is 13.1. The van der Waals surface area contributed by atoms with Gasteiger partial charge in [-0.1, -0.05) is 54.9 Å². The van der Waals surface area contributed by atoms with E-state index in [9.17, 15) is 9.18 Å². The number of oxime groups is 1. The fraction of sp³-hybridized carbons (Fsp3) is 0.333. The van der Waals surface area contributed by atoms with E-state index in [0.29, 0.717) is 24.5 Å². The van der Waals surface area contributed by atoms with Crippen molar-refractivity contribution in [2.45, 2.75) is 32.9 Å². The van der Waals surface area contributed by atoms with Gasteiger partial charge in [-0.25, -0.2) is 4.39 Å². The van der Waals surface area contributed by atoms with Crippen molar-refractivity contribution in [2.24, 2.45) is 11.1 Å². The van der Waals surface area contributed by atoms with E-state index in [-0.39, 0.29) is 23.7 Å². The zero-order valence-electron chi connectivity index (χ0n) is 15.4. The van der Waals surface area contributed by atoms with Crippen LogP contribution in [0.3, 0.4) is 0 Å². The smallest absolute Gasteiger partial charge is 0.225 e. The van der Waals surface area contributed by atoms with Gasteiger partial charge >= 0.3 is 0 Å². The standard InChI is InChI=1S/C21H22ClFN2O2/c1-14(2)21(26)25(12-15-3-9-18(23)10-4-15)13-19-11-20(24-27-19)16-5-7-17(22)8-6-16/h3-10,14,19H,11-13H2,1-2H3/t19-/m1/s1. The second-order valence-corrected chi connectivity index (χ2v) is 7.41. The predicted molar refractivity (Wildman–Crippen MR) is 104 cm³/mol. The molecule has 0 aromatic heterocycles. The Morgan fingerprint density at radius 2 is 1.89 bits per heavy atom. The third-order valence-corrected chi connectivity index (χ3v) is 4.68. The summed E-state index contributed by atoms with van der Waals surface area (Å²) in [4.78, 5) is 20.0. The Morgan fingerprint density at radius 1 is 1.22 bits per heavy atom. The molecule has 0 radical (unpaired) electrons. The first-order valence-electron chi connectivity index (χ1n) is 8.94. The molecule has 1 amide bonds. The highest BCUT2D eigenvalue weighted by molar-refractivity contribution is 6.30. The highest BCUT2D eigenvalue weighted by Gasteiger charge is 2.27. The number of halogens is 2. The van der Waals surface area contributed by atoms with Crippen molar-refractivity contribution in [1.29, 1.82) is 0 Å². The Hall–Kier alpha value is -2.40. The molecular formula is C21H22ClFN2O2. The van der Waals surface area contributed by atoms with Gasteiger partial charge < -0.3 is 9.74 Å². The monoisotopic (exact) mass is 388 g/mol. The number of benzene rings is 2. The highest BCUT2D eigenvalue weighted by Crippen LogP contribution is 2.21. The minimum absolute atomic E-state index is 0.0304. The van der Waals surface area contributed by atoms with Crippen molar-refractivity contribution in [2.75, 3.05) is 6.54 Å². The highest BCUT2D eigenvalue weighted by atomic mass is 35.5. The quantitative estimate of drug-likeness (QED) is 0.722. The van der Waals surface area contributed by atoms with Crippen LogP contribution in [-0.2, 0) is 16.2 Å². The van der Waals surface area contributed by atoms with Crippen molar-refractivity contribution in [3.63, 3.8) is 0 Å². The Morgan fingerprint density at radius 3 is 2.52 bits per heavy atom. The van der Waals surface area contributed by atoms with E-state index in [1.165, 1.54) is 12.1 Å². The molecule has 0 unspecified atom stereocenters. The van der Waals surface area contributed by atoms with E-state index < -0.39 is 0 Å². The van der Waals surface area contributed by atoms with E-state index >= 15 is 0 Å². The van der Waals surface area contributed by atoms with Crippen LogP contribution in [0.4, 0.5) is 4.39 Å². The van der Waals surface area contributed by atoms with Gasteiger partial charge in [-0.15, -0.1) is 0 Å². The summed E-state index contributed by atoms with van der Waals surface area (Å²) in [5.41, 5.74) is 2.68. The van der Waals surface area contributed by atoms with Crippen LogP contribution >= 0.6 is 11.6 Å². The van der Waals surface area contributed by atoms with Gasteiger partial charge in [0.25, 0.3) is 0 Å². The van der Waals surface area contributed by atoms with Crippen LogP contribution < -0.4 is 0 Å². The molecule has 0 saturated carbocycles. The van der Waals surface area contributed by atoms with E-state index in [1.807, 2.05) is 38.1 Å². The first-order chi connectivity index (χ1) is 12.9. The summed E-state index contributed by atoms with van der Waals surface area (Å²) in [6.07, 6.45) is 0.409. The van der Waals surface area contributed by atoms with Gasteiger partial charge in [-0.05, 0) is 35.4 Å². The summed E-state index contributed by atoms with van der Waals surface area (Å²) in [5.74, 6) is -0.396. The van der Waals surface area contributed by atoms with Gasteiger partial charge in [0.05, 0.1) is 12.3 Å². The number of carbonyl (C=O) groups excluding carboxylic acids is 1. The Labute approximate surface area is 163 Å². The SMILES string of the molecule is CC(C)C(=O)N(Cc1ccc(F)cc1)C[C@H]1CC(c2ccc(Cl)cc2)=NO1. The van der Waals surface area contributed by atoms with Crippen LogP contribution in [0.25, 0.3) is 0 Å². The molecule has 0 fully saturated rings. The lowest BCUT2D eigenvalue weighted by molar-refractivity contribution is -0.136. The molecule has 0 N–H and O–H groups in total. The van der Waals surface area contributed by atoms with E-state index in [1.54, 1.807) is 17.0 Å². The molecule has 0 aliphatic carbocycles. The summed E-state index contributed by atoms with van der Waals surface area (Å²) in [6.45, 7) is 4.57. The lowest BCUT2D eigenvalue weighted by atomic mass is 10.0. The van der Waals surface area contributed by atoms with Crippen molar-refractivity contribution < 1.29 is 14.0 Å². The zero-order valence-corrected chi connectivity index (χ0v) is 16.1. The number of amides is 1. The number of hydrogen-bond acceptors (Lipinski definition) is 3. The molecule has 1 heterocycles. The molecule has 4 nitrogen and oxygen atoms in total. The topological polar surface area (TPSA) is 41.9 Å². The van der Waals surface area contributed by atoms with Crippen molar-refractivity contribution in [3.8, 4) is 0 Å². The maximum absolute atomic E-state index is 13.1. The van der Waals surface area contributed by atoms with Crippen LogP contribution in [0, 0.1) is 11.7 Å². The molecule has 142 valence electrons. The van der Waals surface area contributed by atoms with E-state index in [2.05, 4.69) is 5.16 Å². The fourth-order valence-corrected chi connectivity index (χ4v) is 3.12. The molecule has 3 rings (SSSR count). The van der Waals surface area contributed by atoms with Gasteiger partial charge in [0.15, 0.2) is 6.10 Å². The maximum Gasteiger partial charge on any atom is 0.225 e. The van der Waals surface area contributed by atoms with Gasteiger partial charge in [0, 0.05) is 23.9 Å². The maximum atomic E-state index is 13.1. The summed E-state index contributed by atoms with van der Waals surface area (Å²) in [7, 11) is 0. The number of nitrogens with zero attached hydrogens (tertiary/aromatic N) is 2. The van der Waals surface area contributed by atoms with Crippen molar-refractivity contribution in [1.82, 2.24) is 4.90 Å². The van der Waals surface area contributed by atoms with Crippen LogP contribution in [0.5, 0.6) is 0 Å². The normalized spacial score (nSPS) is 16.2. The third kappa shape index (κ3) is 5.07. The van der Waals surface area contributed by atoms with Gasteiger partial charge in [-0.3, -0.25) is 4.79 Å². The summed E-state index contributed by atoms with van der Waals surface area (Å²) >= 11 is 5.93. The van der Waals surface area contributed by atoms with Crippen molar-refractivity contribution >= 4 is 23.2 Å². The van der Waals surface area contributed by atoms with E-state index in [4.69, 9.17) is 16.4 Å². The first kappa shape index (κ1) is 19.4. The van der Waals surface area contributed by atoms with Gasteiger partial charge in [0.1, 0.15) is 5.82 Å². The second-order valence-electron chi connectivity index (χ2n) is 6.98. The van der Waals surface area contributed by atoms with Crippen LogP contribution in [0.2, 0.25) is 5.02 Å². The Bertz CT molecular complexity index is 819. The Balaban J connectivity index is 1.66. The van der Waals surface area contributed by atoms with Crippen LogP contribution in [0.1, 0.15) is 31.4 Å². The molecule has 1 atom stereocenters.